The van der Waals surface area contributed by atoms with Crippen molar-refractivity contribution in [3.63, 3.8) is 0 Å². The normalized spacial score (nSPS) is 11.2. The molecule has 2 aromatic rings. The third-order valence-corrected chi connectivity index (χ3v) is 3.02. The van der Waals surface area contributed by atoms with Gasteiger partial charge < -0.3 is 0 Å². The molecular weight excluding hydrogens is 289 g/mol. The molecule has 2 rings (SSSR count). The molecule has 1 aromatic heterocycles. The predicted octanol–water partition coefficient (Wildman–Crippen LogP) is 4.49. The van der Waals surface area contributed by atoms with Crippen molar-refractivity contribution in [3.05, 3.63) is 52.7 Å². The molecule has 1 heterocycles. The van der Waals surface area contributed by atoms with Crippen LogP contribution in [-0.4, -0.2) is 4.98 Å². The van der Waals surface area contributed by atoms with Crippen molar-refractivity contribution in [3.8, 4) is 17.3 Å². The van der Waals surface area contributed by atoms with E-state index in [-0.39, 0.29) is 6.42 Å². The highest BCUT2D eigenvalue weighted by atomic mass is 35.5. The van der Waals surface area contributed by atoms with Crippen LogP contribution in [-0.2, 0) is 12.6 Å². The SMILES string of the molecule is N#CCc1nc(-c2ccc(C(F)(F)F)cc2)ccc1Cl. The van der Waals surface area contributed by atoms with Gasteiger partial charge in [-0.15, -0.1) is 0 Å². The van der Waals surface area contributed by atoms with Crippen molar-refractivity contribution in [1.82, 2.24) is 4.98 Å². The van der Waals surface area contributed by atoms with Crippen LogP contribution in [0.4, 0.5) is 13.2 Å². The zero-order valence-electron chi connectivity index (χ0n) is 10.1. The maximum Gasteiger partial charge on any atom is 0.416 e. The van der Waals surface area contributed by atoms with E-state index in [0.29, 0.717) is 22.0 Å². The minimum Gasteiger partial charge on any atom is -0.250 e. The molecular formula is C14H8ClF3N2. The Hall–Kier alpha value is -2.06. The van der Waals surface area contributed by atoms with E-state index in [2.05, 4.69) is 4.98 Å². The number of rotatable bonds is 2. The summed E-state index contributed by atoms with van der Waals surface area (Å²) in [7, 11) is 0. The molecule has 1 aromatic carbocycles. The van der Waals surface area contributed by atoms with Crippen LogP contribution in [0.1, 0.15) is 11.3 Å². The first-order chi connectivity index (χ1) is 9.41. The van der Waals surface area contributed by atoms with E-state index in [4.69, 9.17) is 16.9 Å². The standard InChI is InChI=1S/C14H8ClF3N2/c15-11-5-6-12(20-13(11)7-8-19)9-1-3-10(4-2-9)14(16,17)18/h1-6H,7H2. The van der Waals surface area contributed by atoms with Gasteiger partial charge in [0, 0.05) is 5.56 Å². The van der Waals surface area contributed by atoms with E-state index in [1.165, 1.54) is 12.1 Å². The van der Waals surface area contributed by atoms with Crippen LogP contribution in [0, 0.1) is 11.3 Å². The summed E-state index contributed by atoms with van der Waals surface area (Å²) in [6.07, 6.45) is -4.31. The third-order valence-electron chi connectivity index (χ3n) is 2.67. The zero-order valence-corrected chi connectivity index (χ0v) is 10.8. The number of hydrogen-bond acceptors (Lipinski definition) is 2. The van der Waals surface area contributed by atoms with Gasteiger partial charge in [0.05, 0.1) is 34.5 Å². The van der Waals surface area contributed by atoms with Gasteiger partial charge in [0.2, 0.25) is 0 Å². The summed E-state index contributed by atoms with van der Waals surface area (Å²) >= 11 is 5.89. The first-order valence-electron chi connectivity index (χ1n) is 5.62. The molecule has 0 saturated carbocycles. The molecule has 0 aliphatic carbocycles. The molecule has 0 aliphatic heterocycles. The van der Waals surface area contributed by atoms with E-state index in [1.54, 1.807) is 12.1 Å². The topological polar surface area (TPSA) is 36.7 Å². The monoisotopic (exact) mass is 296 g/mol. The van der Waals surface area contributed by atoms with Gasteiger partial charge in [0.1, 0.15) is 0 Å². The van der Waals surface area contributed by atoms with Crippen molar-refractivity contribution >= 4 is 11.6 Å². The highest BCUT2D eigenvalue weighted by Crippen LogP contribution is 2.31. The minimum absolute atomic E-state index is 0.0489. The lowest BCUT2D eigenvalue weighted by atomic mass is 10.1. The van der Waals surface area contributed by atoms with Gasteiger partial charge in [-0.3, -0.25) is 4.98 Å². The van der Waals surface area contributed by atoms with Crippen LogP contribution in [0.5, 0.6) is 0 Å². The Morgan fingerprint density at radius 3 is 2.30 bits per heavy atom. The minimum atomic E-state index is -4.36. The molecule has 2 nitrogen and oxygen atoms in total. The van der Waals surface area contributed by atoms with Crippen LogP contribution in [0.15, 0.2) is 36.4 Å². The maximum atomic E-state index is 12.5. The van der Waals surface area contributed by atoms with Gasteiger partial charge in [-0.25, -0.2) is 0 Å². The highest BCUT2D eigenvalue weighted by Gasteiger charge is 2.30. The van der Waals surface area contributed by atoms with E-state index in [9.17, 15) is 13.2 Å². The number of halogens is 4. The Morgan fingerprint density at radius 2 is 1.75 bits per heavy atom. The predicted molar refractivity (Wildman–Crippen MR) is 69.0 cm³/mol. The fourth-order valence-corrected chi connectivity index (χ4v) is 1.85. The second-order valence-electron chi connectivity index (χ2n) is 4.04. The van der Waals surface area contributed by atoms with Crippen LogP contribution in [0.3, 0.4) is 0 Å². The lowest BCUT2D eigenvalue weighted by Crippen LogP contribution is -2.04. The second-order valence-corrected chi connectivity index (χ2v) is 4.44. The number of aromatic nitrogens is 1. The molecule has 0 amide bonds. The summed E-state index contributed by atoms with van der Waals surface area (Å²) in [6, 6.07) is 9.79. The largest absolute Gasteiger partial charge is 0.416 e. The summed E-state index contributed by atoms with van der Waals surface area (Å²) in [5.74, 6) is 0. The fraction of sp³-hybridized carbons (Fsp3) is 0.143. The van der Waals surface area contributed by atoms with Crippen LogP contribution < -0.4 is 0 Å². The fourth-order valence-electron chi connectivity index (χ4n) is 1.67. The van der Waals surface area contributed by atoms with Crippen molar-refractivity contribution in [1.29, 1.82) is 5.26 Å². The van der Waals surface area contributed by atoms with Gasteiger partial charge in [0.15, 0.2) is 0 Å². The first kappa shape index (κ1) is 14.4. The Bertz CT molecular complexity index is 658. The zero-order chi connectivity index (χ0) is 14.8. The summed E-state index contributed by atoms with van der Waals surface area (Å²) in [5.41, 5.74) is 0.709. The van der Waals surface area contributed by atoms with Crippen LogP contribution in [0.25, 0.3) is 11.3 Å². The molecule has 20 heavy (non-hydrogen) atoms. The number of benzene rings is 1. The molecule has 0 N–H and O–H groups in total. The Labute approximate surface area is 118 Å². The summed E-state index contributed by atoms with van der Waals surface area (Å²) in [4.78, 5) is 4.19. The lowest BCUT2D eigenvalue weighted by molar-refractivity contribution is -0.137. The average molecular weight is 297 g/mol. The van der Waals surface area contributed by atoms with Crippen molar-refractivity contribution < 1.29 is 13.2 Å². The molecule has 102 valence electrons. The molecule has 6 heteroatoms. The number of pyridine rings is 1. The van der Waals surface area contributed by atoms with E-state index >= 15 is 0 Å². The Balaban J connectivity index is 2.37. The van der Waals surface area contributed by atoms with E-state index < -0.39 is 11.7 Å². The molecule has 0 fully saturated rings. The van der Waals surface area contributed by atoms with Crippen molar-refractivity contribution in [2.75, 3.05) is 0 Å². The summed E-state index contributed by atoms with van der Waals surface area (Å²) in [6.45, 7) is 0. The first-order valence-corrected chi connectivity index (χ1v) is 5.99. The van der Waals surface area contributed by atoms with Gasteiger partial charge >= 0.3 is 6.18 Å². The molecule has 0 spiro atoms. The number of nitriles is 1. The quantitative estimate of drug-likeness (QED) is 0.819. The second kappa shape index (κ2) is 5.51. The van der Waals surface area contributed by atoms with Gasteiger partial charge in [-0.1, -0.05) is 23.7 Å². The summed E-state index contributed by atoms with van der Waals surface area (Å²) in [5, 5.41) is 9.02. The van der Waals surface area contributed by atoms with Gasteiger partial charge in [-0.2, -0.15) is 18.4 Å². The molecule has 0 saturated heterocycles. The lowest BCUT2D eigenvalue weighted by Gasteiger charge is -2.08. The van der Waals surface area contributed by atoms with Crippen LogP contribution >= 0.6 is 11.6 Å². The number of alkyl halides is 3. The third kappa shape index (κ3) is 3.09. The average Bonchev–Trinajstić information content (AvgIpc) is 2.41. The highest BCUT2D eigenvalue weighted by molar-refractivity contribution is 6.31. The molecule has 0 radical (unpaired) electrons. The molecule has 0 bridgehead atoms. The Kier molecular flexibility index (Phi) is 3.96. The van der Waals surface area contributed by atoms with Crippen molar-refractivity contribution in [2.24, 2.45) is 0 Å². The molecule has 0 aliphatic rings. The Morgan fingerprint density at radius 1 is 1.10 bits per heavy atom. The smallest absolute Gasteiger partial charge is 0.250 e. The van der Waals surface area contributed by atoms with Crippen molar-refractivity contribution in [2.45, 2.75) is 12.6 Å². The number of hydrogen-bond donors (Lipinski definition) is 0. The van der Waals surface area contributed by atoms with Gasteiger partial charge in [-0.05, 0) is 24.3 Å². The maximum absolute atomic E-state index is 12.5. The number of nitrogens with zero attached hydrogens (tertiary/aromatic N) is 2. The van der Waals surface area contributed by atoms with E-state index in [0.717, 1.165) is 12.1 Å². The van der Waals surface area contributed by atoms with Crippen LogP contribution in [0.2, 0.25) is 5.02 Å². The molecule has 0 atom stereocenters. The van der Waals surface area contributed by atoms with Gasteiger partial charge in [0.25, 0.3) is 0 Å². The summed E-state index contributed by atoms with van der Waals surface area (Å²) < 4.78 is 37.4. The molecule has 0 unspecified atom stereocenters. The van der Waals surface area contributed by atoms with E-state index in [1.807, 2.05) is 6.07 Å².